The SMILES string of the molecule is CC(NC(=O)CCN1CCN(S(=O)(=O)c2cccc(F)c2)CC1)c1ccccc1. The molecule has 1 aliphatic rings. The highest BCUT2D eigenvalue weighted by Gasteiger charge is 2.28. The molecule has 1 N–H and O–H groups in total. The van der Waals surface area contributed by atoms with Gasteiger partial charge in [-0.05, 0) is 30.7 Å². The summed E-state index contributed by atoms with van der Waals surface area (Å²) in [5.74, 6) is -0.600. The molecule has 0 radical (unpaired) electrons. The van der Waals surface area contributed by atoms with Crippen LogP contribution in [0.25, 0.3) is 0 Å². The number of carbonyl (C=O) groups is 1. The van der Waals surface area contributed by atoms with E-state index in [2.05, 4.69) is 10.2 Å². The third-order valence-corrected chi connectivity index (χ3v) is 6.99. The molecule has 156 valence electrons. The molecular weight excluding hydrogens is 393 g/mol. The van der Waals surface area contributed by atoms with Crippen LogP contribution in [0.3, 0.4) is 0 Å². The Morgan fingerprint density at radius 2 is 1.76 bits per heavy atom. The smallest absolute Gasteiger partial charge is 0.243 e. The van der Waals surface area contributed by atoms with Crippen molar-refractivity contribution >= 4 is 15.9 Å². The standard InChI is InChI=1S/C21H26FN3O3S/c1-17(18-6-3-2-4-7-18)23-21(26)10-11-24-12-14-25(15-13-24)29(27,28)20-9-5-8-19(22)16-20/h2-9,16-17H,10-15H2,1H3,(H,23,26). The Kier molecular flexibility index (Phi) is 7.00. The number of piperazine rings is 1. The average molecular weight is 420 g/mol. The fourth-order valence-electron chi connectivity index (χ4n) is 3.37. The van der Waals surface area contributed by atoms with Gasteiger partial charge < -0.3 is 10.2 Å². The second-order valence-electron chi connectivity index (χ2n) is 7.15. The molecule has 6 nitrogen and oxygen atoms in total. The highest BCUT2D eigenvalue weighted by molar-refractivity contribution is 7.89. The Bertz CT molecular complexity index is 929. The Labute approximate surface area is 171 Å². The summed E-state index contributed by atoms with van der Waals surface area (Å²) in [4.78, 5) is 14.3. The molecule has 1 atom stereocenters. The summed E-state index contributed by atoms with van der Waals surface area (Å²) in [5, 5.41) is 2.99. The van der Waals surface area contributed by atoms with E-state index in [-0.39, 0.29) is 16.8 Å². The molecule has 2 aromatic rings. The number of rotatable bonds is 7. The summed E-state index contributed by atoms with van der Waals surface area (Å²) < 4.78 is 40.0. The molecular formula is C21H26FN3O3S. The summed E-state index contributed by atoms with van der Waals surface area (Å²) in [5.41, 5.74) is 1.05. The van der Waals surface area contributed by atoms with E-state index >= 15 is 0 Å². The molecule has 1 aliphatic heterocycles. The first-order chi connectivity index (χ1) is 13.9. The minimum Gasteiger partial charge on any atom is -0.350 e. The van der Waals surface area contributed by atoms with Crippen LogP contribution in [0.4, 0.5) is 4.39 Å². The van der Waals surface area contributed by atoms with Crippen molar-refractivity contribution in [3.8, 4) is 0 Å². The van der Waals surface area contributed by atoms with Gasteiger partial charge in [0.1, 0.15) is 5.82 Å². The van der Waals surface area contributed by atoms with Crippen LogP contribution in [0.15, 0.2) is 59.5 Å². The molecule has 0 bridgehead atoms. The lowest BCUT2D eigenvalue weighted by atomic mass is 10.1. The number of amides is 1. The minimum absolute atomic E-state index is 0.0276. The lowest BCUT2D eigenvalue weighted by Gasteiger charge is -2.33. The predicted molar refractivity (Wildman–Crippen MR) is 109 cm³/mol. The van der Waals surface area contributed by atoms with Gasteiger partial charge in [-0.1, -0.05) is 36.4 Å². The Morgan fingerprint density at radius 1 is 1.07 bits per heavy atom. The van der Waals surface area contributed by atoms with Crippen molar-refractivity contribution in [2.75, 3.05) is 32.7 Å². The van der Waals surface area contributed by atoms with Crippen molar-refractivity contribution < 1.29 is 17.6 Å². The molecule has 0 spiro atoms. The van der Waals surface area contributed by atoms with E-state index in [0.29, 0.717) is 39.1 Å². The zero-order chi connectivity index (χ0) is 20.9. The van der Waals surface area contributed by atoms with Gasteiger partial charge in [-0.15, -0.1) is 0 Å². The molecule has 8 heteroatoms. The van der Waals surface area contributed by atoms with E-state index in [1.54, 1.807) is 0 Å². The van der Waals surface area contributed by atoms with E-state index in [4.69, 9.17) is 0 Å². The lowest BCUT2D eigenvalue weighted by Crippen LogP contribution is -2.49. The van der Waals surface area contributed by atoms with Crippen molar-refractivity contribution in [1.82, 2.24) is 14.5 Å². The van der Waals surface area contributed by atoms with E-state index in [9.17, 15) is 17.6 Å². The topological polar surface area (TPSA) is 69.7 Å². The first-order valence-electron chi connectivity index (χ1n) is 9.68. The van der Waals surface area contributed by atoms with E-state index in [0.717, 1.165) is 11.6 Å². The third-order valence-electron chi connectivity index (χ3n) is 5.10. The Hall–Kier alpha value is -2.29. The molecule has 1 unspecified atom stereocenters. The van der Waals surface area contributed by atoms with Crippen LogP contribution in [-0.4, -0.2) is 56.3 Å². The van der Waals surface area contributed by atoms with Gasteiger partial charge >= 0.3 is 0 Å². The fraction of sp³-hybridized carbons (Fsp3) is 0.381. The fourth-order valence-corrected chi connectivity index (χ4v) is 4.82. The van der Waals surface area contributed by atoms with Crippen molar-refractivity contribution in [3.05, 3.63) is 66.0 Å². The summed E-state index contributed by atoms with van der Waals surface area (Å²) in [7, 11) is -3.70. The van der Waals surface area contributed by atoms with Crippen molar-refractivity contribution in [2.45, 2.75) is 24.3 Å². The maximum absolute atomic E-state index is 13.4. The number of halogens is 1. The monoisotopic (exact) mass is 419 g/mol. The van der Waals surface area contributed by atoms with Gasteiger partial charge in [0.15, 0.2) is 0 Å². The van der Waals surface area contributed by atoms with Crippen LogP contribution in [0, 0.1) is 5.82 Å². The molecule has 0 aliphatic carbocycles. The first-order valence-corrected chi connectivity index (χ1v) is 11.1. The molecule has 2 aromatic carbocycles. The van der Waals surface area contributed by atoms with Gasteiger partial charge in [-0.25, -0.2) is 12.8 Å². The van der Waals surface area contributed by atoms with Crippen LogP contribution < -0.4 is 5.32 Å². The normalized spacial score (nSPS) is 17.0. The third kappa shape index (κ3) is 5.62. The molecule has 0 saturated carbocycles. The number of nitrogens with one attached hydrogen (secondary N) is 1. The van der Waals surface area contributed by atoms with E-state index < -0.39 is 15.8 Å². The summed E-state index contributed by atoms with van der Waals surface area (Å²) >= 11 is 0. The molecule has 0 aromatic heterocycles. The predicted octanol–water partition coefficient (Wildman–Crippen LogP) is 2.40. The van der Waals surface area contributed by atoms with Gasteiger partial charge in [-0.2, -0.15) is 4.31 Å². The number of nitrogens with zero attached hydrogens (tertiary/aromatic N) is 2. The second-order valence-corrected chi connectivity index (χ2v) is 9.09. The number of sulfonamides is 1. The molecule has 1 saturated heterocycles. The molecule has 1 heterocycles. The number of carbonyl (C=O) groups excluding carboxylic acids is 1. The highest BCUT2D eigenvalue weighted by Crippen LogP contribution is 2.18. The molecule has 3 rings (SSSR count). The lowest BCUT2D eigenvalue weighted by molar-refractivity contribution is -0.122. The number of benzene rings is 2. The maximum atomic E-state index is 13.4. The largest absolute Gasteiger partial charge is 0.350 e. The summed E-state index contributed by atoms with van der Waals surface area (Å²) in [6.45, 7) is 4.23. The Balaban J connectivity index is 1.46. The van der Waals surface area contributed by atoms with Crippen molar-refractivity contribution in [2.24, 2.45) is 0 Å². The van der Waals surface area contributed by atoms with Gasteiger partial charge in [0.2, 0.25) is 15.9 Å². The summed E-state index contributed by atoms with van der Waals surface area (Å²) in [6, 6.07) is 14.8. The number of hydrogen-bond donors (Lipinski definition) is 1. The first kappa shape index (κ1) is 21.4. The van der Waals surface area contributed by atoms with Crippen LogP contribution in [0.5, 0.6) is 0 Å². The highest BCUT2D eigenvalue weighted by atomic mass is 32.2. The Morgan fingerprint density at radius 3 is 2.41 bits per heavy atom. The molecule has 29 heavy (non-hydrogen) atoms. The van der Waals surface area contributed by atoms with Gasteiger partial charge in [0.25, 0.3) is 0 Å². The minimum atomic E-state index is -3.70. The molecule has 1 amide bonds. The van der Waals surface area contributed by atoms with E-state index in [1.807, 2.05) is 37.3 Å². The van der Waals surface area contributed by atoms with Gasteiger partial charge in [-0.3, -0.25) is 4.79 Å². The molecule has 1 fully saturated rings. The zero-order valence-electron chi connectivity index (χ0n) is 16.4. The maximum Gasteiger partial charge on any atom is 0.243 e. The summed E-state index contributed by atoms with van der Waals surface area (Å²) in [6.07, 6.45) is 0.355. The van der Waals surface area contributed by atoms with Crippen LogP contribution >= 0.6 is 0 Å². The average Bonchev–Trinajstić information content (AvgIpc) is 2.73. The van der Waals surface area contributed by atoms with Gasteiger partial charge in [0.05, 0.1) is 10.9 Å². The van der Waals surface area contributed by atoms with E-state index in [1.165, 1.54) is 22.5 Å². The van der Waals surface area contributed by atoms with Crippen LogP contribution in [0.2, 0.25) is 0 Å². The quantitative estimate of drug-likeness (QED) is 0.748. The van der Waals surface area contributed by atoms with Crippen LogP contribution in [0.1, 0.15) is 24.9 Å². The second kappa shape index (κ2) is 9.47. The zero-order valence-corrected chi connectivity index (χ0v) is 17.2. The number of hydrogen-bond acceptors (Lipinski definition) is 4. The van der Waals surface area contributed by atoms with Gasteiger partial charge in [0, 0.05) is 39.1 Å². The van der Waals surface area contributed by atoms with Crippen molar-refractivity contribution in [3.63, 3.8) is 0 Å². The van der Waals surface area contributed by atoms with Crippen molar-refractivity contribution in [1.29, 1.82) is 0 Å². The van der Waals surface area contributed by atoms with Crippen LogP contribution in [-0.2, 0) is 14.8 Å².